The van der Waals surface area contributed by atoms with E-state index in [9.17, 15) is 9.59 Å². The van der Waals surface area contributed by atoms with E-state index >= 15 is 0 Å². The Morgan fingerprint density at radius 2 is 2.10 bits per heavy atom. The molecule has 1 aromatic rings. The first-order chi connectivity index (χ1) is 9.38. The summed E-state index contributed by atoms with van der Waals surface area (Å²) in [6.45, 7) is 5.78. The number of carboxylic acid groups (broad SMARTS) is 1. The topological polar surface area (TPSA) is 117 Å². The summed E-state index contributed by atoms with van der Waals surface area (Å²) in [5.74, 6) is 0.105. The van der Waals surface area contributed by atoms with Gasteiger partial charge < -0.3 is 20.3 Å². The van der Waals surface area contributed by atoms with Crippen molar-refractivity contribution in [3.05, 3.63) is 11.7 Å². The lowest BCUT2D eigenvalue weighted by Crippen LogP contribution is -2.47. The fraction of sp³-hybridized carbons (Fsp3) is 0.667. The maximum Gasteiger partial charge on any atom is 0.326 e. The standard InChI is InChI=1S/C12H20N4O4/c1-7(2)6-9(11(17)18)15-12(19)13-5-4-10-14-8(3)20-16-10/h7,9H,4-6H2,1-3H3,(H,17,18)(H2,13,15,19)/t9-/m0/s1. The third-order valence-electron chi connectivity index (χ3n) is 2.51. The van der Waals surface area contributed by atoms with Crippen LogP contribution in [0, 0.1) is 12.8 Å². The summed E-state index contributed by atoms with van der Waals surface area (Å²) in [6, 6.07) is -1.40. The molecule has 1 atom stereocenters. The molecule has 8 heteroatoms. The van der Waals surface area contributed by atoms with E-state index in [0.29, 0.717) is 31.1 Å². The number of carbonyl (C=O) groups is 2. The highest BCUT2D eigenvalue weighted by Crippen LogP contribution is 2.04. The van der Waals surface area contributed by atoms with Gasteiger partial charge in [-0.2, -0.15) is 4.98 Å². The zero-order valence-electron chi connectivity index (χ0n) is 11.8. The first kappa shape index (κ1) is 15.9. The molecule has 8 nitrogen and oxygen atoms in total. The van der Waals surface area contributed by atoms with E-state index in [-0.39, 0.29) is 5.92 Å². The number of amides is 2. The Balaban J connectivity index is 2.32. The molecule has 0 unspecified atom stereocenters. The number of carboxylic acids is 1. The van der Waals surface area contributed by atoms with Crippen molar-refractivity contribution in [3.63, 3.8) is 0 Å². The van der Waals surface area contributed by atoms with Crippen LogP contribution in [0.15, 0.2) is 4.52 Å². The molecule has 20 heavy (non-hydrogen) atoms. The first-order valence-corrected chi connectivity index (χ1v) is 6.45. The van der Waals surface area contributed by atoms with E-state index in [1.165, 1.54) is 0 Å². The average molecular weight is 284 g/mol. The van der Waals surface area contributed by atoms with Gasteiger partial charge in [0.2, 0.25) is 5.89 Å². The van der Waals surface area contributed by atoms with Gasteiger partial charge >= 0.3 is 12.0 Å². The van der Waals surface area contributed by atoms with Gasteiger partial charge in [-0.1, -0.05) is 19.0 Å². The fourth-order valence-corrected chi connectivity index (χ4v) is 1.63. The second-order valence-corrected chi connectivity index (χ2v) is 4.90. The molecule has 3 N–H and O–H groups in total. The molecule has 0 saturated carbocycles. The third-order valence-corrected chi connectivity index (χ3v) is 2.51. The highest BCUT2D eigenvalue weighted by atomic mass is 16.5. The van der Waals surface area contributed by atoms with Crippen LogP contribution in [-0.2, 0) is 11.2 Å². The number of nitrogens with one attached hydrogen (secondary N) is 2. The average Bonchev–Trinajstić information content (AvgIpc) is 2.73. The molecule has 2 amide bonds. The molecule has 0 aliphatic heterocycles. The van der Waals surface area contributed by atoms with E-state index in [2.05, 4.69) is 20.8 Å². The second kappa shape index (κ2) is 7.46. The normalized spacial score (nSPS) is 12.2. The molecule has 112 valence electrons. The van der Waals surface area contributed by atoms with Crippen molar-refractivity contribution >= 4 is 12.0 Å². The van der Waals surface area contributed by atoms with Crippen molar-refractivity contribution in [2.45, 2.75) is 39.7 Å². The largest absolute Gasteiger partial charge is 0.480 e. The third kappa shape index (κ3) is 5.68. The molecule has 0 spiro atoms. The highest BCUT2D eigenvalue weighted by Gasteiger charge is 2.20. The Kier molecular flexibility index (Phi) is 5.95. The van der Waals surface area contributed by atoms with Crippen molar-refractivity contribution in [1.29, 1.82) is 0 Å². The van der Waals surface area contributed by atoms with Gasteiger partial charge in [0.25, 0.3) is 0 Å². The van der Waals surface area contributed by atoms with E-state index in [1.54, 1.807) is 6.92 Å². The lowest BCUT2D eigenvalue weighted by atomic mass is 10.0. The number of aryl methyl sites for hydroxylation is 1. The molecule has 0 bridgehead atoms. The van der Waals surface area contributed by atoms with Crippen molar-refractivity contribution in [2.24, 2.45) is 5.92 Å². The van der Waals surface area contributed by atoms with Gasteiger partial charge in [-0.05, 0) is 12.3 Å². The molecule has 1 heterocycles. The Hall–Kier alpha value is -2.12. The lowest BCUT2D eigenvalue weighted by molar-refractivity contribution is -0.139. The minimum absolute atomic E-state index is 0.179. The van der Waals surface area contributed by atoms with Gasteiger partial charge in [0, 0.05) is 19.9 Å². The van der Waals surface area contributed by atoms with Crippen molar-refractivity contribution in [2.75, 3.05) is 6.54 Å². The zero-order valence-corrected chi connectivity index (χ0v) is 11.8. The van der Waals surface area contributed by atoms with Crippen LogP contribution in [0.4, 0.5) is 4.79 Å². The molecule has 0 aliphatic carbocycles. The van der Waals surface area contributed by atoms with Crippen LogP contribution in [0.2, 0.25) is 0 Å². The maximum atomic E-state index is 11.6. The number of urea groups is 1. The summed E-state index contributed by atoms with van der Waals surface area (Å²) < 4.78 is 4.79. The van der Waals surface area contributed by atoms with Crippen LogP contribution in [0.25, 0.3) is 0 Å². The van der Waals surface area contributed by atoms with Crippen LogP contribution < -0.4 is 10.6 Å². The number of rotatable bonds is 7. The molecule has 0 fully saturated rings. The van der Waals surface area contributed by atoms with E-state index in [0.717, 1.165) is 0 Å². The van der Waals surface area contributed by atoms with Crippen LogP contribution in [0.3, 0.4) is 0 Å². The van der Waals surface area contributed by atoms with E-state index < -0.39 is 18.0 Å². The Morgan fingerprint density at radius 3 is 2.60 bits per heavy atom. The van der Waals surface area contributed by atoms with Crippen LogP contribution in [0.1, 0.15) is 32.0 Å². The second-order valence-electron chi connectivity index (χ2n) is 4.90. The number of aliphatic carboxylic acids is 1. The number of hydrogen-bond donors (Lipinski definition) is 3. The van der Waals surface area contributed by atoms with Crippen LogP contribution in [0.5, 0.6) is 0 Å². The Morgan fingerprint density at radius 1 is 1.40 bits per heavy atom. The van der Waals surface area contributed by atoms with Crippen molar-refractivity contribution in [3.8, 4) is 0 Å². The van der Waals surface area contributed by atoms with Gasteiger partial charge in [0.05, 0.1) is 0 Å². The van der Waals surface area contributed by atoms with Crippen LogP contribution in [-0.4, -0.2) is 39.8 Å². The molecule has 0 saturated heterocycles. The number of carbonyl (C=O) groups excluding carboxylic acids is 1. The molecule has 0 aromatic carbocycles. The van der Waals surface area contributed by atoms with Crippen molar-refractivity contribution < 1.29 is 19.2 Å². The summed E-state index contributed by atoms with van der Waals surface area (Å²) in [4.78, 5) is 26.6. The monoisotopic (exact) mass is 284 g/mol. The molecule has 0 aliphatic rings. The molecular formula is C12H20N4O4. The molecular weight excluding hydrogens is 264 g/mol. The number of aromatic nitrogens is 2. The van der Waals surface area contributed by atoms with Gasteiger partial charge in [-0.25, -0.2) is 9.59 Å². The maximum absolute atomic E-state index is 11.6. The highest BCUT2D eigenvalue weighted by molar-refractivity contribution is 5.82. The van der Waals surface area contributed by atoms with Gasteiger partial charge in [-0.3, -0.25) is 0 Å². The van der Waals surface area contributed by atoms with E-state index in [1.807, 2.05) is 13.8 Å². The molecule has 1 aromatic heterocycles. The summed E-state index contributed by atoms with van der Waals surface area (Å²) in [6.07, 6.45) is 0.805. The summed E-state index contributed by atoms with van der Waals surface area (Å²) >= 11 is 0. The fourth-order valence-electron chi connectivity index (χ4n) is 1.63. The quantitative estimate of drug-likeness (QED) is 0.679. The summed E-state index contributed by atoms with van der Waals surface area (Å²) in [5.41, 5.74) is 0. The minimum Gasteiger partial charge on any atom is -0.480 e. The minimum atomic E-state index is -1.04. The van der Waals surface area contributed by atoms with Gasteiger partial charge in [0.15, 0.2) is 5.82 Å². The SMILES string of the molecule is Cc1nc(CCNC(=O)N[C@@H](CC(C)C)C(=O)O)no1. The van der Waals surface area contributed by atoms with Crippen LogP contribution >= 0.6 is 0 Å². The van der Waals surface area contributed by atoms with Gasteiger partial charge in [0.1, 0.15) is 6.04 Å². The number of nitrogens with zero attached hydrogens (tertiary/aromatic N) is 2. The Bertz CT molecular complexity index is 458. The van der Waals surface area contributed by atoms with Gasteiger partial charge in [-0.15, -0.1) is 0 Å². The molecule has 0 radical (unpaired) electrons. The molecule has 1 rings (SSSR count). The van der Waals surface area contributed by atoms with E-state index in [4.69, 9.17) is 9.63 Å². The smallest absolute Gasteiger partial charge is 0.326 e. The number of hydrogen-bond acceptors (Lipinski definition) is 5. The summed E-state index contributed by atoms with van der Waals surface area (Å²) in [5, 5.41) is 17.7. The predicted octanol–water partition coefficient (Wildman–Crippen LogP) is 0.719. The van der Waals surface area contributed by atoms with Crippen molar-refractivity contribution in [1.82, 2.24) is 20.8 Å². The first-order valence-electron chi connectivity index (χ1n) is 6.45. The zero-order chi connectivity index (χ0) is 15.1. The Labute approximate surface area is 116 Å². The predicted molar refractivity (Wildman–Crippen MR) is 70.2 cm³/mol. The summed E-state index contributed by atoms with van der Waals surface area (Å²) in [7, 11) is 0. The lowest BCUT2D eigenvalue weighted by Gasteiger charge is -2.16.